The average molecular weight is 235 g/mol. The molecule has 0 atom stereocenters. The molecule has 7 nitrogen and oxygen atoms in total. The van der Waals surface area contributed by atoms with Crippen LogP contribution in [0.5, 0.6) is 0 Å². The summed E-state index contributed by atoms with van der Waals surface area (Å²) in [5.74, 6) is 0.752. The highest BCUT2D eigenvalue weighted by Gasteiger charge is 2.20. The predicted octanol–water partition coefficient (Wildman–Crippen LogP) is 0.572. The van der Waals surface area contributed by atoms with Gasteiger partial charge in [0.2, 0.25) is 0 Å². The van der Waals surface area contributed by atoms with Crippen LogP contribution in [0.2, 0.25) is 0 Å². The van der Waals surface area contributed by atoms with Gasteiger partial charge in [0.25, 0.3) is 0 Å². The van der Waals surface area contributed by atoms with Crippen molar-refractivity contribution in [2.75, 3.05) is 25.5 Å². The number of nitrogens with zero attached hydrogens (tertiary/aromatic N) is 5. The largest absolute Gasteiger partial charge is 0.356 e. The fraction of sp³-hybridized carbons (Fsp3) is 0.500. The quantitative estimate of drug-likeness (QED) is 0.725. The third-order valence-electron chi connectivity index (χ3n) is 2.71. The lowest BCUT2D eigenvalue weighted by Crippen LogP contribution is -2.26. The maximum absolute atomic E-state index is 5.51. The molecule has 0 aliphatic carbocycles. The molecule has 0 radical (unpaired) electrons. The van der Waals surface area contributed by atoms with Crippen molar-refractivity contribution in [2.24, 2.45) is 0 Å². The molecule has 2 aromatic rings. The lowest BCUT2D eigenvalue weighted by Gasteiger charge is -2.20. The Labute approximate surface area is 98.0 Å². The molecular weight excluding hydrogens is 222 g/mol. The van der Waals surface area contributed by atoms with Gasteiger partial charge in [0.05, 0.1) is 6.33 Å². The SMILES string of the molecule is COCON1CCCn2cnc3ncnc1c32. The minimum absolute atomic E-state index is 0.208. The highest BCUT2D eigenvalue weighted by atomic mass is 16.8. The molecule has 90 valence electrons. The van der Waals surface area contributed by atoms with Crippen LogP contribution in [0.3, 0.4) is 0 Å². The van der Waals surface area contributed by atoms with Gasteiger partial charge in [-0.25, -0.2) is 24.9 Å². The predicted molar refractivity (Wildman–Crippen MR) is 60.2 cm³/mol. The Morgan fingerprint density at radius 3 is 3.12 bits per heavy atom. The first-order chi connectivity index (χ1) is 8.40. The molecule has 0 fully saturated rings. The summed E-state index contributed by atoms with van der Waals surface area (Å²) in [4.78, 5) is 18.2. The first-order valence-electron chi connectivity index (χ1n) is 5.45. The average Bonchev–Trinajstić information content (AvgIpc) is 2.67. The zero-order valence-electron chi connectivity index (χ0n) is 9.54. The molecule has 0 saturated heterocycles. The van der Waals surface area contributed by atoms with Crippen molar-refractivity contribution in [3.8, 4) is 0 Å². The van der Waals surface area contributed by atoms with Crippen molar-refractivity contribution >= 4 is 17.0 Å². The van der Waals surface area contributed by atoms with Gasteiger partial charge in [-0.15, -0.1) is 0 Å². The molecule has 1 aliphatic rings. The normalized spacial score (nSPS) is 15.2. The zero-order valence-corrected chi connectivity index (χ0v) is 9.54. The Kier molecular flexibility index (Phi) is 2.62. The van der Waals surface area contributed by atoms with Crippen LogP contribution >= 0.6 is 0 Å². The fourth-order valence-corrected chi connectivity index (χ4v) is 1.98. The van der Waals surface area contributed by atoms with E-state index in [1.165, 1.54) is 6.33 Å². The number of aryl methyl sites for hydroxylation is 1. The van der Waals surface area contributed by atoms with Crippen molar-refractivity contribution in [2.45, 2.75) is 13.0 Å². The molecule has 1 aliphatic heterocycles. The number of hydrogen-bond acceptors (Lipinski definition) is 6. The van der Waals surface area contributed by atoms with Gasteiger partial charge < -0.3 is 9.30 Å². The van der Waals surface area contributed by atoms with Crippen LogP contribution in [0, 0.1) is 0 Å². The molecule has 0 aromatic carbocycles. The summed E-state index contributed by atoms with van der Waals surface area (Å²) in [6, 6.07) is 0. The van der Waals surface area contributed by atoms with E-state index in [-0.39, 0.29) is 6.79 Å². The number of methoxy groups -OCH3 is 1. The molecule has 17 heavy (non-hydrogen) atoms. The van der Waals surface area contributed by atoms with Crippen molar-refractivity contribution in [3.05, 3.63) is 12.7 Å². The van der Waals surface area contributed by atoms with E-state index in [0.717, 1.165) is 30.8 Å². The van der Waals surface area contributed by atoms with E-state index in [1.54, 1.807) is 18.5 Å². The maximum Gasteiger partial charge on any atom is 0.183 e. The van der Waals surface area contributed by atoms with Gasteiger partial charge in [-0.3, -0.25) is 0 Å². The number of aromatic nitrogens is 4. The number of anilines is 1. The van der Waals surface area contributed by atoms with Gasteiger partial charge in [-0.05, 0) is 6.42 Å². The van der Waals surface area contributed by atoms with Crippen LogP contribution in [0.15, 0.2) is 12.7 Å². The van der Waals surface area contributed by atoms with Crippen LogP contribution in [0.1, 0.15) is 6.42 Å². The molecule has 0 bridgehead atoms. The molecule has 0 spiro atoms. The summed E-state index contributed by atoms with van der Waals surface area (Å²) < 4.78 is 6.98. The Morgan fingerprint density at radius 2 is 2.24 bits per heavy atom. The lowest BCUT2D eigenvalue weighted by molar-refractivity contribution is -0.0435. The van der Waals surface area contributed by atoms with Gasteiger partial charge in [0.1, 0.15) is 11.8 Å². The van der Waals surface area contributed by atoms with Crippen LogP contribution in [0.25, 0.3) is 11.2 Å². The monoisotopic (exact) mass is 235 g/mol. The molecule has 0 unspecified atom stereocenters. The molecule has 3 rings (SSSR count). The Hall–Kier alpha value is -1.73. The third-order valence-corrected chi connectivity index (χ3v) is 2.71. The van der Waals surface area contributed by atoms with Gasteiger partial charge in [-0.1, -0.05) is 0 Å². The van der Waals surface area contributed by atoms with Crippen LogP contribution in [-0.2, 0) is 16.1 Å². The molecule has 0 amide bonds. The number of ether oxygens (including phenoxy) is 1. The molecular formula is C10H13N5O2. The van der Waals surface area contributed by atoms with Gasteiger partial charge in [-0.2, -0.15) is 0 Å². The van der Waals surface area contributed by atoms with E-state index < -0.39 is 0 Å². The topological polar surface area (TPSA) is 65.3 Å². The minimum Gasteiger partial charge on any atom is -0.356 e. The molecule has 7 heteroatoms. The van der Waals surface area contributed by atoms with Gasteiger partial charge >= 0.3 is 0 Å². The smallest absolute Gasteiger partial charge is 0.183 e. The van der Waals surface area contributed by atoms with E-state index in [2.05, 4.69) is 19.5 Å². The summed E-state index contributed by atoms with van der Waals surface area (Å²) >= 11 is 0. The van der Waals surface area contributed by atoms with Gasteiger partial charge in [0.15, 0.2) is 18.3 Å². The third kappa shape index (κ3) is 1.73. The zero-order chi connectivity index (χ0) is 11.7. The molecule has 0 saturated carbocycles. The second-order valence-corrected chi connectivity index (χ2v) is 3.80. The summed E-state index contributed by atoms with van der Waals surface area (Å²) in [6.07, 6.45) is 4.26. The van der Waals surface area contributed by atoms with Gasteiger partial charge in [0, 0.05) is 20.2 Å². The van der Waals surface area contributed by atoms with Crippen LogP contribution in [-0.4, -0.2) is 40.0 Å². The Balaban J connectivity index is 2.07. The standard InChI is InChI=1S/C10H13N5O2/c1-16-7-17-15-4-2-3-14-6-13-9-8(14)10(15)12-5-11-9/h5-6H,2-4,7H2,1H3. The van der Waals surface area contributed by atoms with Crippen molar-refractivity contribution < 1.29 is 9.57 Å². The summed E-state index contributed by atoms with van der Waals surface area (Å²) in [5.41, 5.74) is 1.61. The molecule has 0 N–H and O–H groups in total. The highest BCUT2D eigenvalue weighted by Crippen LogP contribution is 2.25. The Bertz CT molecular complexity index is 526. The number of rotatable bonds is 3. The fourth-order valence-electron chi connectivity index (χ4n) is 1.98. The number of hydroxylamine groups is 1. The number of hydrogen-bond donors (Lipinski definition) is 0. The highest BCUT2D eigenvalue weighted by molar-refractivity contribution is 5.83. The summed E-state index contributed by atoms with van der Waals surface area (Å²) in [6.45, 7) is 1.88. The second-order valence-electron chi connectivity index (χ2n) is 3.80. The first-order valence-corrected chi connectivity index (χ1v) is 5.45. The van der Waals surface area contributed by atoms with Crippen LogP contribution < -0.4 is 5.06 Å². The van der Waals surface area contributed by atoms with E-state index in [9.17, 15) is 0 Å². The summed E-state index contributed by atoms with van der Waals surface area (Å²) in [5, 5.41) is 1.75. The van der Waals surface area contributed by atoms with E-state index >= 15 is 0 Å². The molecule has 3 heterocycles. The van der Waals surface area contributed by atoms with E-state index in [4.69, 9.17) is 9.57 Å². The van der Waals surface area contributed by atoms with E-state index in [0.29, 0.717) is 5.65 Å². The Morgan fingerprint density at radius 1 is 1.29 bits per heavy atom. The van der Waals surface area contributed by atoms with Crippen molar-refractivity contribution in [3.63, 3.8) is 0 Å². The second kappa shape index (κ2) is 4.27. The number of imidazole rings is 1. The summed E-state index contributed by atoms with van der Waals surface area (Å²) in [7, 11) is 1.59. The van der Waals surface area contributed by atoms with Crippen LogP contribution in [0.4, 0.5) is 5.82 Å². The van der Waals surface area contributed by atoms with Crippen molar-refractivity contribution in [1.29, 1.82) is 0 Å². The molecule has 2 aromatic heterocycles. The van der Waals surface area contributed by atoms with E-state index in [1.807, 2.05) is 0 Å². The van der Waals surface area contributed by atoms with Crippen molar-refractivity contribution in [1.82, 2.24) is 19.5 Å². The first kappa shape index (κ1) is 10.4. The lowest BCUT2D eigenvalue weighted by atomic mass is 10.4. The minimum atomic E-state index is 0.208. The maximum atomic E-state index is 5.51.